The number of thiazole rings is 1. The Morgan fingerprint density at radius 1 is 1.14 bits per heavy atom. The molecule has 5 unspecified atom stereocenters. The standard InChI is InChI=1S/C17H16FNOS2/c18-11-5-3-8(4-6-11)12-13-9-1-2-10(7-9)14(13)21-16-15(12)22-17(20)19-16/h3-6,9-10,12-14H,1-2,7H2,(H,19,20). The highest BCUT2D eigenvalue weighted by molar-refractivity contribution is 8.00. The second-order valence-electron chi connectivity index (χ2n) is 6.73. The molecule has 2 aliphatic carbocycles. The van der Waals surface area contributed by atoms with E-state index < -0.39 is 0 Å². The van der Waals surface area contributed by atoms with Gasteiger partial charge >= 0.3 is 4.87 Å². The first-order valence-corrected chi connectivity index (χ1v) is 9.55. The third kappa shape index (κ3) is 1.81. The highest BCUT2D eigenvalue weighted by Gasteiger charge is 2.54. The summed E-state index contributed by atoms with van der Waals surface area (Å²) in [6, 6.07) is 6.92. The van der Waals surface area contributed by atoms with Crippen LogP contribution in [0.25, 0.3) is 0 Å². The summed E-state index contributed by atoms with van der Waals surface area (Å²) in [7, 11) is 0. The van der Waals surface area contributed by atoms with E-state index in [1.165, 1.54) is 41.0 Å². The molecule has 5 rings (SSSR count). The van der Waals surface area contributed by atoms with Crippen LogP contribution in [-0.4, -0.2) is 10.2 Å². The molecule has 1 aliphatic heterocycles. The number of hydrogen-bond donors (Lipinski definition) is 1. The van der Waals surface area contributed by atoms with Gasteiger partial charge in [-0.15, -0.1) is 11.8 Å². The van der Waals surface area contributed by atoms with E-state index in [4.69, 9.17) is 0 Å². The lowest BCUT2D eigenvalue weighted by atomic mass is 9.75. The van der Waals surface area contributed by atoms with Crippen LogP contribution in [0.4, 0.5) is 4.39 Å². The number of aromatic nitrogens is 1. The van der Waals surface area contributed by atoms with Gasteiger partial charge in [-0.1, -0.05) is 23.5 Å². The molecule has 2 bridgehead atoms. The summed E-state index contributed by atoms with van der Waals surface area (Å²) in [6.45, 7) is 0. The molecule has 5 heteroatoms. The fourth-order valence-electron chi connectivity index (χ4n) is 4.89. The number of hydrogen-bond acceptors (Lipinski definition) is 3. The van der Waals surface area contributed by atoms with E-state index in [9.17, 15) is 9.18 Å². The number of rotatable bonds is 1. The van der Waals surface area contributed by atoms with Crippen molar-refractivity contribution in [1.29, 1.82) is 0 Å². The third-order valence-electron chi connectivity index (χ3n) is 5.69. The molecule has 0 saturated heterocycles. The van der Waals surface area contributed by atoms with Crippen molar-refractivity contribution < 1.29 is 4.39 Å². The van der Waals surface area contributed by atoms with Gasteiger partial charge in [-0.2, -0.15) is 0 Å². The van der Waals surface area contributed by atoms with Gasteiger partial charge in [0.1, 0.15) is 5.82 Å². The van der Waals surface area contributed by atoms with E-state index in [2.05, 4.69) is 4.98 Å². The number of fused-ring (bicyclic) bond motifs is 6. The maximum Gasteiger partial charge on any atom is 0.305 e. The van der Waals surface area contributed by atoms with Crippen LogP contribution in [0, 0.1) is 23.6 Å². The van der Waals surface area contributed by atoms with Crippen molar-refractivity contribution in [3.8, 4) is 0 Å². The predicted octanol–water partition coefficient (Wildman–Crippen LogP) is 4.23. The number of benzene rings is 1. The first-order valence-electron chi connectivity index (χ1n) is 7.86. The molecule has 114 valence electrons. The molecule has 0 spiro atoms. The average Bonchev–Trinajstić information content (AvgIpc) is 3.19. The molecule has 1 aromatic heterocycles. The van der Waals surface area contributed by atoms with Gasteiger partial charge in [0.2, 0.25) is 0 Å². The summed E-state index contributed by atoms with van der Waals surface area (Å²) in [5.41, 5.74) is 1.17. The predicted molar refractivity (Wildman–Crippen MR) is 87.1 cm³/mol. The maximum atomic E-state index is 13.3. The van der Waals surface area contributed by atoms with Gasteiger partial charge in [0.25, 0.3) is 0 Å². The first kappa shape index (κ1) is 13.4. The normalized spacial score (nSPS) is 35.4. The van der Waals surface area contributed by atoms with Crippen LogP contribution < -0.4 is 4.87 Å². The molecule has 5 atom stereocenters. The molecular formula is C17H16FNOS2. The molecule has 2 heterocycles. The molecular weight excluding hydrogens is 317 g/mol. The van der Waals surface area contributed by atoms with Gasteiger partial charge < -0.3 is 4.98 Å². The molecule has 2 aromatic rings. The van der Waals surface area contributed by atoms with E-state index in [0.717, 1.165) is 16.9 Å². The van der Waals surface area contributed by atoms with Gasteiger partial charge in [-0.3, -0.25) is 4.79 Å². The molecule has 1 N–H and O–H groups in total. The van der Waals surface area contributed by atoms with Gasteiger partial charge in [0.05, 0.1) is 5.03 Å². The number of H-pyrrole nitrogens is 1. The highest BCUT2D eigenvalue weighted by atomic mass is 32.2. The van der Waals surface area contributed by atoms with Gasteiger partial charge in [-0.25, -0.2) is 4.39 Å². The zero-order valence-corrected chi connectivity index (χ0v) is 13.6. The van der Waals surface area contributed by atoms with E-state index in [1.54, 1.807) is 12.1 Å². The van der Waals surface area contributed by atoms with E-state index in [-0.39, 0.29) is 16.6 Å². The van der Waals surface area contributed by atoms with Gasteiger partial charge in [-0.05, 0) is 54.7 Å². The highest BCUT2D eigenvalue weighted by Crippen LogP contribution is 2.63. The molecule has 2 nitrogen and oxygen atoms in total. The van der Waals surface area contributed by atoms with Gasteiger partial charge in [0, 0.05) is 16.0 Å². The molecule has 0 radical (unpaired) electrons. The average molecular weight is 333 g/mol. The molecule has 2 fully saturated rings. The Morgan fingerprint density at radius 3 is 2.73 bits per heavy atom. The largest absolute Gasteiger partial charge is 0.307 e. The lowest BCUT2D eigenvalue weighted by Crippen LogP contribution is -2.33. The second kappa shape index (κ2) is 4.71. The van der Waals surface area contributed by atoms with E-state index in [1.807, 2.05) is 23.9 Å². The zero-order valence-electron chi connectivity index (χ0n) is 11.9. The first-order chi connectivity index (χ1) is 10.7. The van der Waals surface area contributed by atoms with Crippen LogP contribution in [0.2, 0.25) is 0 Å². The smallest absolute Gasteiger partial charge is 0.305 e. The Kier molecular flexibility index (Phi) is 2.87. The molecule has 3 aliphatic rings. The third-order valence-corrected chi connectivity index (χ3v) is 8.32. The van der Waals surface area contributed by atoms with Crippen molar-refractivity contribution in [1.82, 2.24) is 4.98 Å². The Morgan fingerprint density at radius 2 is 1.91 bits per heavy atom. The number of thioether (sulfide) groups is 1. The van der Waals surface area contributed by atoms with Crippen LogP contribution >= 0.6 is 23.1 Å². The number of nitrogens with one attached hydrogen (secondary N) is 1. The monoisotopic (exact) mass is 333 g/mol. The molecule has 0 amide bonds. The molecule has 1 aromatic carbocycles. The summed E-state index contributed by atoms with van der Waals surface area (Å²) in [5, 5.41) is 1.68. The summed E-state index contributed by atoms with van der Waals surface area (Å²) < 4.78 is 13.3. The lowest BCUT2D eigenvalue weighted by Gasteiger charge is -2.40. The van der Waals surface area contributed by atoms with Crippen molar-refractivity contribution in [3.05, 3.63) is 50.2 Å². The van der Waals surface area contributed by atoms with Crippen molar-refractivity contribution in [2.24, 2.45) is 17.8 Å². The van der Waals surface area contributed by atoms with Crippen molar-refractivity contribution in [3.63, 3.8) is 0 Å². The van der Waals surface area contributed by atoms with Crippen LogP contribution in [0.5, 0.6) is 0 Å². The maximum absolute atomic E-state index is 13.3. The van der Waals surface area contributed by atoms with Crippen LogP contribution in [0.15, 0.2) is 34.1 Å². The fraction of sp³-hybridized carbons (Fsp3) is 0.471. The fourth-order valence-corrected chi connectivity index (χ4v) is 7.79. The van der Waals surface area contributed by atoms with E-state index in [0.29, 0.717) is 11.2 Å². The molecule has 2 saturated carbocycles. The minimum atomic E-state index is -0.194. The quantitative estimate of drug-likeness (QED) is 0.847. The van der Waals surface area contributed by atoms with Crippen LogP contribution in [0.3, 0.4) is 0 Å². The summed E-state index contributed by atoms with van der Waals surface area (Å²) in [4.78, 5) is 16.1. The Labute approximate surface area is 136 Å². The minimum absolute atomic E-state index is 0.0388. The van der Waals surface area contributed by atoms with Crippen LogP contribution in [-0.2, 0) is 0 Å². The van der Waals surface area contributed by atoms with Gasteiger partial charge in [0.15, 0.2) is 0 Å². The number of halogens is 1. The van der Waals surface area contributed by atoms with Crippen LogP contribution in [0.1, 0.15) is 35.6 Å². The zero-order chi connectivity index (χ0) is 14.8. The van der Waals surface area contributed by atoms with Crippen molar-refractivity contribution in [2.75, 3.05) is 0 Å². The molecule has 22 heavy (non-hydrogen) atoms. The summed E-state index contributed by atoms with van der Waals surface area (Å²) in [5.74, 6) is 2.23. The Bertz CT molecular complexity index is 781. The Hall–Kier alpha value is -1.07. The Balaban J connectivity index is 1.68. The number of aromatic amines is 1. The van der Waals surface area contributed by atoms with E-state index >= 15 is 0 Å². The summed E-state index contributed by atoms with van der Waals surface area (Å²) in [6.07, 6.45) is 3.98. The second-order valence-corrected chi connectivity index (χ2v) is 8.93. The lowest BCUT2D eigenvalue weighted by molar-refractivity contribution is 0.307. The minimum Gasteiger partial charge on any atom is -0.307 e. The van der Waals surface area contributed by atoms with Crippen molar-refractivity contribution >= 4 is 23.1 Å². The van der Waals surface area contributed by atoms with Crippen molar-refractivity contribution in [2.45, 2.75) is 35.5 Å². The SMILES string of the molecule is O=c1[nH]c2c(s1)C(c1ccc(F)cc1)C1C3CCC(C3)C1S2. The summed E-state index contributed by atoms with van der Waals surface area (Å²) >= 11 is 3.24. The topological polar surface area (TPSA) is 32.9 Å².